The highest BCUT2D eigenvalue weighted by Gasteiger charge is 2.24. The van der Waals surface area contributed by atoms with Crippen molar-refractivity contribution in [1.82, 2.24) is 19.9 Å². The second kappa shape index (κ2) is 10.9. The smallest absolute Gasteiger partial charge is 0.224 e. The van der Waals surface area contributed by atoms with Crippen molar-refractivity contribution in [3.8, 4) is 11.3 Å². The summed E-state index contributed by atoms with van der Waals surface area (Å²) in [7, 11) is 0. The lowest BCUT2D eigenvalue weighted by atomic mass is 9.97. The number of benzene rings is 2. The van der Waals surface area contributed by atoms with Gasteiger partial charge in [-0.2, -0.15) is 4.98 Å². The number of rotatable bonds is 6. The van der Waals surface area contributed by atoms with Crippen molar-refractivity contribution in [2.75, 3.05) is 30.0 Å². The van der Waals surface area contributed by atoms with E-state index in [0.29, 0.717) is 23.6 Å². The number of nitrogens with zero attached hydrogens (tertiary/aromatic N) is 5. The Morgan fingerprint density at radius 2 is 1.87 bits per heavy atom. The highest BCUT2D eigenvalue weighted by molar-refractivity contribution is 6.33. The predicted octanol–water partition coefficient (Wildman–Crippen LogP) is 6.05. The largest absolute Gasteiger partial charge is 0.381 e. The quantitative estimate of drug-likeness (QED) is 0.329. The number of halogens is 1. The highest BCUT2D eigenvalue weighted by Crippen LogP contribution is 2.36. The number of anilines is 2. The number of nitrogens with one attached hydrogen (secondary N) is 1. The third-order valence-corrected chi connectivity index (χ3v) is 7.24. The molecule has 4 aromatic rings. The first kappa shape index (κ1) is 24.5. The Bertz CT molecular complexity index is 1470. The lowest BCUT2D eigenvalue weighted by Crippen LogP contribution is -2.31. The molecule has 0 amide bonds. The van der Waals surface area contributed by atoms with Crippen molar-refractivity contribution >= 4 is 35.0 Å². The minimum atomic E-state index is 0.328. The number of ether oxygens (including phenoxy) is 1. The van der Waals surface area contributed by atoms with E-state index in [9.17, 15) is 0 Å². The molecule has 38 heavy (non-hydrogen) atoms. The molecule has 8 heteroatoms. The molecule has 1 fully saturated rings. The summed E-state index contributed by atoms with van der Waals surface area (Å²) in [6.07, 6.45) is 9.49. The molecule has 192 valence electrons. The highest BCUT2D eigenvalue weighted by atomic mass is 35.5. The summed E-state index contributed by atoms with van der Waals surface area (Å²) in [6, 6.07) is 16.9. The number of aryl methyl sites for hydroxylation is 1. The fraction of sp³-hybridized carbons (Fsp3) is 0.267. The van der Waals surface area contributed by atoms with Crippen LogP contribution in [0.5, 0.6) is 0 Å². The molecule has 6 rings (SSSR count). The predicted molar refractivity (Wildman–Crippen MR) is 152 cm³/mol. The van der Waals surface area contributed by atoms with Gasteiger partial charge in [0.05, 0.1) is 17.6 Å². The number of hydrogen-bond donors (Lipinski definition) is 1. The van der Waals surface area contributed by atoms with Crippen LogP contribution in [-0.2, 0) is 11.3 Å². The molecule has 0 bridgehead atoms. The summed E-state index contributed by atoms with van der Waals surface area (Å²) in [5.74, 6) is 1.58. The maximum Gasteiger partial charge on any atom is 0.224 e. The second-order valence-electron chi connectivity index (χ2n) is 9.76. The van der Waals surface area contributed by atoms with Crippen LogP contribution < -0.4 is 10.2 Å². The minimum Gasteiger partial charge on any atom is -0.381 e. The Morgan fingerprint density at radius 3 is 2.66 bits per heavy atom. The summed E-state index contributed by atoms with van der Waals surface area (Å²) in [5.41, 5.74) is 6.93. The van der Waals surface area contributed by atoms with E-state index in [1.54, 1.807) is 12.4 Å². The number of aromatic nitrogens is 4. The molecule has 0 radical (unpaired) electrons. The van der Waals surface area contributed by atoms with Crippen LogP contribution in [0.15, 0.2) is 67.1 Å². The van der Waals surface area contributed by atoms with Crippen LogP contribution in [0, 0.1) is 6.92 Å². The third kappa shape index (κ3) is 5.39. The van der Waals surface area contributed by atoms with Crippen LogP contribution in [-0.4, -0.2) is 45.7 Å². The van der Waals surface area contributed by atoms with Crippen LogP contribution in [0.1, 0.15) is 35.2 Å². The Kier molecular flexibility index (Phi) is 7.03. The van der Waals surface area contributed by atoms with Gasteiger partial charge in [-0.25, -0.2) is 9.97 Å². The fourth-order valence-corrected chi connectivity index (χ4v) is 5.28. The first-order valence-electron chi connectivity index (χ1n) is 12.9. The fourth-order valence-electron chi connectivity index (χ4n) is 4.98. The van der Waals surface area contributed by atoms with Gasteiger partial charge in [-0.3, -0.25) is 4.98 Å². The summed E-state index contributed by atoms with van der Waals surface area (Å²) in [6.45, 7) is 4.88. The number of fused-ring (bicyclic) bond motifs is 1. The van der Waals surface area contributed by atoms with E-state index in [0.717, 1.165) is 72.1 Å². The SMILES string of the molecule is Cc1cncc(-c2ccc(C3=Cc4cnc(NC5CCOCC5)nc4N(Cc4ccccc4)C3)c(Cl)c2)n1. The summed E-state index contributed by atoms with van der Waals surface area (Å²) in [5, 5.41) is 4.19. The van der Waals surface area contributed by atoms with Crippen LogP contribution >= 0.6 is 11.6 Å². The zero-order chi connectivity index (χ0) is 25.9. The van der Waals surface area contributed by atoms with Crippen molar-refractivity contribution in [1.29, 1.82) is 0 Å². The first-order chi connectivity index (χ1) is 18.6. The Labute approximate surface area is 227 Å². The molecule has 1 N–H and O–H groups in total. The summed E-state index contributed by atoms with van der Waals surface area (Å²) >= 11 is 6.86. The van der Waals surface area contributed by atoms with Crippen molar-refractivity contribution in [2.45, 2.75) is 32.4 Å². The van der Waals surface area contributed by atoms with Gasteiger partial charge in [0, 0.05) is 60.9 Å². The Morgan fingerprint density at radius 1 is 1.03 bits per heavy atom. The van der Waals surface area contributed by atoms with E-state index in [1.807, 2.05) is 25.3 Å². The lowest BCUT2D eigenvalue weighted by molar-refractivity contribution is 0.0903. The minimum absolute atomic E-state index is 0.328. The zero-order valence-corrected chi connectivity index (χ0v) is 22.0. The summed E-state index contributed by atoms with van der Waals surface area (Å²) < 4.78 is 5.50. The molecule has 0 saturated carbocycles. The van der Waals surface area contributed by atoms with Gasteiger partial charge in [0.25, 0.3) is 0 Å². The molecule has 0 unspecified atom stereocenters. The van der Waals surface area contributed by atoms with Crippen molar-refractivity contribution in [3.05, 3.63) is 94.5 Å². The lowest BCUT2D eigenvalue weighted by Gasteiger charge is -2.31. The van der Waals surface area contributed by atoms with E-state index in [2.05, 4.69) is 67.6 Å². The Balaban J connectivity index is 1.34. The first-order valence-corrected chi connectivity index (χ1v) is 13.3. The van der Waals surface area contributed by atoms with Crippen molar-refractivity contribution in [2.24, 2.45) is 0 Å². The normalized spacial score (nSPS) is 15.6. The van der Waals surface area contributed by atoms with Crippen LogP contribution in [0.2, 0.25) is 5.02 Å². The molecule has 0 spiro atoms. The molecule has 2 aromatic heterocycles. The maximum atomic E-state index is 6.86. The molecule has 2 aliphatic rings. The molecule has 0 atom stereocenters. The molecule has 2 aliphatic heterocycles. The summed E-state index contributed by atoms with van der Waals surface area (Å²) in [4.78, 5) is 20.8. The molecular weight excluding hydrogens is 496 g/mol. The molecule has 0 aliphatic carbocycles. The van der Waals surface area contributed by atoms with Gasteiger partial charge < -0.3 is 15.0 Å². The van der Waals surface area contributed by atoms with Crippen LogP contribution in [0.25, 0.3) is 22.9 Å². The van der Waals surface area contributed by atoms with Gasteiger partial charge in [0.1, 0.15) is 5.82 Å². The van der Waals surface area contributed by atoms with Crippen molar-refractivity contribution in [3.63, 3.8) is 0 Å². The monoisotopic (exact) mass is 524 g/mol. The van der Waals surface area contributed by atoms with Gasteiger partial charge >= 0.3 is 0 Å². The van der Waals surface area contributed by atoms with Crippen LogP contribution in [0.4, 0.5) is 11.8 Å². The van der Waals surface area contributed by atoms with E-state index in [4.69, 9.17) is 21.3 Å². The second-order valence-corrected chi connectivity index (χ2v) is 10.2. The standard InChI is InChI=1S/C30H29ClN6O/c1-20-15-32-17-28(34-20)22-7-8-26(27(31)14-22)24-13-23-16-33-30(35-25-9-11-38-12-10-25)36-29(23)37(19-24)18-21-5-3-2-4-6-21/h2-8,13-17,25H,9-12,18-19H2,1H3,(H,33,35,36). The molecule has 2 aromatic carbocycles. The van der Waals surface area contributed by atoms with E-state index < -0.39 is 0 Å². The third-order valence-electron chi connectivity index (χ3n) is 6.92. The van der Waals surface area contributed by atoms with Crippen LogP contribution in [0.3, 0.4) is 0 Å². The molecule has 4 heterocycles. The van der Waals surface area contributed by atoms with E-state index in [1.165, 1.54) is 5.56 Å². The van der Waals surface area contributed by atoms with Gasteiger partial charge in [-0.05, 0) is 48.6 Å². The molecule has 1 saturated heterocycles. The van der Waals surface area contributed by atoms with Crippen molar-refractivity contribution < 1.29 is 4.74 Å². The van der Waals surface area contributed by atoms with Gasteiger partial charge in [0.2, 0.25) is 5.95 Å². The average molecular weight is 525 g/mol. The molecular formula is C30H29ClN6O. The topological polar surface area (TPSA) is 76.1 Å². The average Bonchev–Trinajstić information content (AvgIpc) is 2.94. The molecule has 7 nitrogen and oxygen atoms in total. The van der Waals surface area contributed by atoms with Gasteiger partial charge in [0.15, 0.2) is 0 Å². The zero-order valence-electron chi connectivity index (χ0n) is 21.3. The van der Waals surface area contributed by atoms with Gasteiger partial charge in [-0.1, -0.05) is 54.1 Å². The van der Waals surface area contributed by atoms with E-state index >= 15 is 0 Å². The Hall–Kier alpha value is -3.81. The van der Waals surface area contributed by atoms with Gasteiger partial charge in [-0.15, -0.1) is 0 Å². The maximum absolute atomic E-state index is 6.86. The van der Waals surface area contributed by atoms with E-state index in [-0.39, 0.29) is 0 Å². The number of hydrogen-bond acceptors (Lipinski definition) is 7.